The molecule has 1 saturated carbocycles. The second-order valence-electron chi connectivity index (χ2n) is 7.88. The minimum absolute atomic E-state index is 0.902. The Balaban J connectivity index is 1.29. The van der Waals surface area contributed by atoms with Gasteiger partial charge in [0.1, 0.15) is 38.5 Å². The zero-order valence-corrected chi connectivity index (χ0v) is 16.1. The summed E-state index contributed by atoms with van der Waals surface area (Å²) >= 11 is 3.59. The summed E-state index contributed by atoms with van der Waals surface area (Å²) in [7, 11) is 1.77. The van der Waals surface area contributed by atoms with E-state index in [0.717, 1.165) is 34.5 Å². The number of allylic oxidation sites excluding steroid dienone is 2. The first-order valence-corrected chi connectivity index (χ1v) is 10.2. The van der Waals surface area contributed by atoms with Crippen molar-refractivity contribution in [3.8, 4) is 5.75 Å². The van der Waals surface area contributed by atoms with Crippen molar-refractivity contribution in [3.63, 3.8) is 0 Å². The molecule has 2 N–H and O–H groups in total. The number of halogens is 1. The smallest absolute Gasteiger partial charge is 0.127 e. The molecule has 130 valence electrons. The minimum atomic E-state index is 0.902. The Labute approximate surface area is 153 Å². The number of ether oxygens (including phenoxy) is 1. The normalized spacial score (nSPS) is 34.7. The number of hydrogen-bond donors (Lipinski definition) is 2. The first-order chi connectivity index (χ1) is 11.7. The molecule has 1 aromatic carbocycles. The van der Waals surface area contributed by atoms with Crippen LogP contribution in [-0.4, -0.2) is 39.8 Å². The van der Waals surface area contributed by atoms with Gasteiger partial charge in [-0.1, -0.05) is 28.1 Å². The van der Waals surface area contributed by atoms with E-state index in [-0.39, 0.29) is 0 Å². The zero-order chi connectivity index (χ0) is 16.5. The lowest BCUT2D eigenvalue weighted by Gasteiger charge is -2.32. The molecule has 4 heteroatoms. The summed E-state index contributed by atoms with van der Waals surface area (Å²) in [6, 6.07) is 6.35. The molecule has 2 fully saturated rings. The van der Waals surface area contributed by atoms with Gasteiger partial charge in [0.05, 0.1) is 13.7 Å². The average molecular weight is 393 g/mol. The van der Waals surface area contributed by atoms with Crippen molar-refractivity contribution >= 4 is 15.9 Å². The highest BCUT2D eigenvalue weighted by Crippen LogP contribution is 2.42. The molecular weight excluding hydrogens is 364 g/mol. The summed E-state index contributed by atoms with van der Waals surface area (Å²) in [6.45, 7) is 7.68. The van der Waals surface area contributed by atoms with Gasteiger partial charge in [-0.05, 0) is 42.9 Å². The number of benzene rings is 1. The van der Waals surface area contributed by atoms with Crippen molar-refractivity contribution in [2.45, 2.75) is 19.4 Å². The van der Waals surface area contributed by atoms with Crippen LogP contribution in [0.5, 0.6) is 5.75 Å². The van der Waals surface area contributed by atoms with E-state index in [1.54, 1.807) is 12.0 Å². The van der Waals surface area contributed by atoms with E-state index in [9.17, 15) is 0 Å². The van der Waals surface area contributed by atoms with Gasteiger partial charge in [-0.3, -0.25) is 0 Å². The monoisotopic (exact) mass is 392 g/mol. The van der Waals surface area contributed by atoms with Crippen molar-refractivity contribution in [3.05, 3.63) is 40.4 Å². The van der Waals surface area contributed by atoms with Crippen molar-refractivity contribution in [1.82, 2.24) is 0 Å². The number of fused-ring (bicyclic) bond motifs is 2. The van der Waals surface area contributed by atoms with Gasteiger partial charge >= 0.3 is 0 Å². The first kappa shape index (κ1) is 16.6. The van der Waals surface area contributed by atoms with Crippen LogP contribution in [0.4, 0.5) is 0 Å². The Morgan fingerprint density at radius 3 is 2.54 bits per heavy atom. The van der Waals surface area contributed by atoms with Gasteiger partial charge in [-0.15, -0.1) is 0 Å². The predicted octanol–water partition coefficient (Wildman–Crippen LogP) is 0.953. The summed E-state index contributed by atoms with van der Waals surface area (Å²) in [4.78, 5) is 3.54. The number of nitrogens with one attached hydrogen (secondary N) is 2. The van der Waals surface area contributed by atoms with E-state index in [2.05, 4.69) is 46.3 Å². The number of quaternary nitrogens is 2. The second-order valence-corrected chi connectivity index (χ2v) is 8.79. The standard InChI is InChI=1S/C20H27BrN2O/c1-24-20-5-4-19(21)12-18(20)14-23-8-6-22(7-9-23)13-17-11-15-2-3-16(17)10-15/h2-5,12,15-17H,6-11,13-14H2,1H3/p+2/t15-,16-,17+/m0/s1. The third kappa shape index (κ3) is 3.56. The highest BCUT2D eigenvalue weighted by molar-refractivity contribution is 9.10. The molecular formula is C20H29BrN2O+2. The zero-order valence-electron chi connectivity index (χ0n) is 14.6. The molecule has 0 amide bonds. The quantitative estimate of drug-likeness (QED) is 0.714. The van der Waals surface area contributed by atoms with E-state index < -0.39 is 0 Å². The van der Waals surface area contributed by atoms with Crippen LogP contribution in [0, 0.1) is 17.8 Å². The molecule has 0 unspecified atom stereocenters. The van der Waals surface area contributed by atoms with E-state index in [0.29, 0.717) is 0 Å². The lowest BCUT2D eigenvalue weighted by Crippen LogP contribution is -3.27. The van der Waals surface area contributed by atoms with Crippen molar-refractivity contribution < 1.29 is 14.5 Å². The molecule has 0 spiro atoms. The Morgan fingerprint density at radius 2 is 1.88 bits per heavy atom. The highest BCUT2D eigenvalue weighted by atomic mass is 79.9. The van der Waals surface area contributed by atoms with Crippen LogP contribution in [0.1, 0.15) is 18.4 Å². The molecule has 1 aliphatic heterocycles. The third-order valence-electron chi connectivity index (χ3n) is 6.31. The van der Waals surface area contributed by atoms with Crippen LogP contribution in [0.2, 0.25) is 0 Å². The van der Waals surface area contributed by atoms with Gasteiger partial charge in [0, 0.05) is 16.0 Å². The van der Waals surface area contributed by atoms with Crippen LogP contribution in [-0.2, 0) is 6.54 Å². The fourth-order valence-corrected chi connectivity index (χ4v) is 5.40. The lowest BCUT2D eigenvalue weighted by molar-refractivity contribution is -1.02. The van der Waals surface area contributed by atoms with Crippen LogP contribution in [0.3, 0.4) is 0 Å². The Bertz CT molecular complexity index is 610. The summed E-state index contributed by atoms with van der Waals surface area (Å²) in [5, 5.41) is 0. The van der Waals surface area contributed by atoms with E-state index in [1.165, 1.54) is 51.1 Å². The molecule has 1 saturated heterocycles. The fraction of sp³-hybridized carbons (Fsp3) is 0.600. The van der Waals surface area contributed by atoms with Crippen LogP contribution < -0.4 is 14.5 Å². The molecule has 1 aromatic rings. The summed E-state index contributed by atoms with van der Waals surface area (Å²) < 4.78 is 6.68. The first-order valence-electron chi connectivity index (χ1n) is 9.39. The lowest BCUT2D eigenvalue weighted by atomic mass is 9.93. The molecule has 2 bridgehead atoms. The average Bonchev–Trinajstić information content (AvgIpc) is 3.20. The maximum absolute atomic E-state index is 5.53. The van der Waals surface area contributed by atoms with Crippen LogP contribution in [0.15, 0.2) is 34.8 Å². The van der Waals surface area contributed by atoms with Crippen molar-refractivity contribution in [1.29, 1.82) is 0 Å². The molecule has 24 heavy (non-hydrogen) atoms. The van der Waals surface area contributed by atoms with E-state index in [4.69, 9.17) is 4.74 Å². The number of rotatable bonds is 5. The van der Waals surface area contributed by atoms with Crippen molar-refractivity contribution in [2.75, 3.05) is 39.8 Å². The van der Waals surface area contributed by atoms with Crippen molar-refractivity contribution in [2.24, 2.45) is 17.8 Å². The van der Waals surface area contributed by atoms with Gasteiger partial charge in [0.25, 0.3) is 0 Å². The topological polar surface area (TPSA) is 18.1 Å². The van der Waals surface area contributed by atoms with Gasteiger partial charge < -0.3 is 14.5 Å². The predicted molar refractivity (Wildman–Crippen MR) is 99.5 cm³/mol. The second kappa shape index (κ2) is 7.19. The molecule has 0 aromatic heterocycles. The number of hydrogen-bond acceptors (Lipinski definition) is 1. The van der Waals surface area contributed by atoms with E-state index >= 15 is 0 Å². The summed E-state index contributed by atoms with van der Waals surface area (Å²) in [5.74, 6) is 3.80. The SMILES string of the molecule is COc1ccc(Br)cc1C[NH+]1CC[NH+](C[C@H]2C[C@H]3C=C[C@H]2C3)CC1. The molecule has 3 aliphatic rings. The largest absolute Gasteiger partial charge is 0.496 e. The molecule has 3 atom stereocenters. The maximum atomic E-state index is 5.53. The number of methoxy groups -OCH3 is 1. The van der Waals surface area contributed by atoms with Crippen LogP contribution >= 0.6 is 15.9 Å². The molecule has 4 rings (SSSR count). The molecule has 2 aliphatic carbocycles. The summed E-state index contributed by atoms with van der Waals surface area (Å²) in [6.07, 6.45) is 7.86. The summed E-state index contributed by atoms with van der Waals surface area (Å²) in [5.41, 5.74) is 1.32. The highest BCUT2D eigenvalue weighted by Gasteiger charge is 2.38. The number of piperazine rings is 1. The van der Waals surface area contributed by atoms with E-state index in [1.807, 2.05) is 4.90 Å². The van der Waals surface area contributed by atoms with Gasteiger partial charge in [0.2, 0.25) is 0 Å². The Morgan fingerprint density at radius 1 is 1.08 bits per heavy atom. The molecule has 0 radical (unpaired) electrons. The molecule has 1 heterocycles. The van der Waals surface area contributed by atoms with Gasteiger partial charge in [-0.25, -0.2) is 0 Å². The fourth-order valence-electron chi connectivity index (χ4n) is 4.99. The molecule has 3 nitrogen and oxygen atoms in total. The Kier molecular flexibility index (Phi) is 4.98. The minimum Gasteiger partial charge on any atom is -0.496 e. The van der Waals surface area contributed by atoms with Crippen LogP contribution in [0.25, 0.3) is 0 Å². The maximum Gasteiger partial charge on any atom is 0.127 e. The third-order valence-corrected chi connectivity index (χ3v) is 6.81. The Hall–Kier alpha value is -0.840. The van der Waals surface area contributed by atoms with Gasteiger partial charge in [0.15, 0.2) is 0 Å². The van der Waals surface area contributed by atoms with Gasteiger partial charge in [-0.2, -0.15) is 0 Å².